The first-order valence-corrected chi connectivity index (χ1v) is 10.1. The summed E-state index contributed by atoms with van der Waals surface area (Å²) in [6, 6.07) is 0. The molecule has 0 fully saturated rings. The number of carboxylic acids is 2. The van der Waals surface area contributed by atoms with Gasteiger partial charge in [-0.1, -0.05) is 64.2 Å². The summed E-state index contributed by atoms with van der Waals surface area (Å²) in [5.74, 6) is -0.990. The zero-order valence-corrected chi connectivity index (χ0v) is 15.8. The molecule has 0 atom stereocenters. The summed E-state index contributed by atoms with van der Waals surface area (Å²) >= 11 is 0. The van der Waals surface area contributed by atoms with Crippen LogP contribution in [0.15, 0.2) is 0 Å². The maximum Gasteiger partial charge on any atom is 0.303 e. The molecule has 5 heteroatoms. The molecule has 0 aliphatic heterocycles. The molecule has 0 aromatic carbocycles. The van der Waals surface area contributed by atoms with Gasteiger partial charge >= 0.3 is 11.9 Å². The minimum Gasteiger partial charge on any atom is -0.481 e. The molecule has 0 unspecified atom stereocenters. The molecule has 0 saturated carbocycles. The molecule has 0 bridgehead atoms. The minimum absolute atomic E-state index is 0.275. The lowest BCUT2D eigenvalue weighted by molar-refractivity contribution is -0.138. The van der Waals surface area contributed by atoms with E-state index in [1.54, 1.807) is 0 Å². The largest absolute Gasteiger partial charge is 0.481 e. The van der Waals surface area contributed by atoms with Crippen molar-refractivity contribution in [1.29, 1.82) is 0 Å². The molecule has 0 spiro atoms. The summed E-state index contributed by atoms with van der Waals surface area (Å²) < 4.78 is 0. The fourth-order valence-corrected chi connectivity index (χ4v) is 3.16. The summed E-state index contributed by atoms with van der Waals surface area (Å²) in [7, 11) is 0. The molecule has 0 heterocycles. The first-order valence-electron chi connectivity index (χ1n) is 10.1. The third-order valence-corrected chi connectivity index (χ3v) is 4.76. The first-order chi connectivity index (χ1) is 12.1. The van der Waals surface area contributed by atoms with Gasteiger partial charge in [0.15, 0.2) is 0 Å². The van der Waals surface area contributed by atoms with Gasteiger partial charge in [-0.3, -0.25) is 9.59 Å². The number of aliphatic carboxylic acids is 2. The lowest BCUT2D eigenvalue weighted by Gasteiger charge is -2.13. The van der Waals surface area contributed by atoms with E-state index in [1.165, 1.54) is 12.8 Å². The van der Waals surface area contributed by atoms with E-state index in [4.69, 9.17) is 10.2 Å². The van der Waals surface area contributed by atoms with Gasteiger partial charge in [-0.2, -0.15) is 0 Å². The van der Waals surface area contributed by atoms with Crippen LogP contribution in [0.25, 0.3) is 0 Å². The SMILES string of the molecule is O=C(O)CCCCCCCCC(CO)CCCCCCCCC(=O)O. The quantitative estimate of drug-likeness (QED) is 0.282. The Bertz CT molecular complexity index is 300. The van der Waals surface area contributed by atoms with Gasteiger partial charge in [0, 0.05) is 19.4 Å². The first kappa shape index (κ1) is 23.9. The monoisotopic (exact) mass is 358 g/mol. The van der Waals surface area contributed by atoms with Crippen LogP contribution in [0.3, 0.4) is 0 Å². The van der Waals surface area contributed by atoms with E-state index in [1.807, 2.05) is 0 Å². The number of aliphatic hydroxyl groups excluding tert-OH is 1. The summed E-state index contributed by atoms with van der Waals surface area (Å²) in [5, 5.41) is 26.6. The van der Waals surface area contributed by atoms with Gasteiger partial charge in [0.05, 0.1) is 0 Å². The Morgan fingerprint density at radius 3 is 1.20 bits per heavy atom. The molecule has 0 amide bonds. The van der Waals surface area contributed by atoms with Crippen molar-refractivity contribution in [2.24, 2.45) is 5.92 Å². The number of hydrogen-bond donors (Lipinski definition) is 3. The van der Waals surface area contributed by atoms with Crippen LogP contribution in [-0.2, 0) is 9.59 Å². The summed E-state index contributed by atoms with van der Waals surface area (Å²) in [5.41, 5.74) is 0. The van der Waals surface area contributed by atoms with Gasteiger partial charge < -0.3 is 15.3 Å². The van der Waals surface area contributed by atoms with Gasteiger partial charge in [0.2, 0.25) is 0 Å². The fraction of sp³-hybridized carbons (Fsp3) is 0.900. The second-order valence-electron chi connectivity index (χ2n) is 7.16. The Labute approximate surface area is 152 Å². The van der Waals surface area contributed by atoms with Gasteiger partial charge in [0.25, 0.3) is 0 Å². The van der Waals surface area contributed by atoms with Crippen LogP contribution in [0.1, 0.15) is 103 Å². The van der Waals surface area contributed by atoms with Crippen molar-refractivity contribution in [3.8, 4) is 0 Å². The van der Waals surface area contributed by atoms with Crippen molar-refractivity contribution in [2.75, 3.05) is 6.61 Å². The van der Waals surface area contributed by atoms with Gasteiger partial charge in [-0.25, -0.2) is 0 Å². The number of rotatable bonds is 19. The van der Waals surface area contributed by atoms with Crippen molar-refractivity contribution in [2.45, 2.75) is 103 Å². The Morgan fingerprint density at radius 2 is 0.880 bits per heavy atom. The zero-order valence-electron chi connectivity index (χ0n) is 15.8. The molecular weight excluding hydrogens is 320 g/mol. The van der Waals surface area contributed by atoms with Crippen LogP contribution in [0.5, 0.6) is 0 Å². The molecule has 0 aliphatic carbocycles. The second-order valence-corrected chi connectivity index (χ2v) is 7.16. The Morgan fingerprint density at radius 1 is 0.560 bits per heavy atom. The van der Waals surface area contributed by atoms with Crippen molar-refractivity contribution in [3.05, 3.63) is 0 Å². The zero-order chi connectivity index (χ0) is 18.8. The number of carbonyl (C=O) groups is 2. The van der Waals surface area contributed by atoms with E-state index in [-0.39, 0.29) is 19.4 Å². The van der Waals surface area contributed by atoms with Crippen molar-refractivity contribution < 1.29 is 24.9 Å². The Balaban J connectivity index is 3.36. The van der Waals surface area contributed by atoms with Crippen LogP contribution in [0, 0.1) is 5.92 Å². The molecule has 0 aromatic rings. The van der Waals surface area contributed by atoms with Crippen LogP contribution >= 0.6 is 0 Å². The van der Waals surface area contributed by atoms with E-state index in [2.05, 4.69) is 0 Å². The predicted octanol–water partition coefficient (Wildman–Crippen LogP) is 5.01. The van der Waals surface area contributed by atoms with Gasteiger partial charge in [-0.05, 0) is 31.6 Å². The molecule has 148 valence electrons. The molecule has 3 N–H and O–H groups in total. The van der Waals surface area contributed by atoms with Gasteiger partial charge in [-0.15, -0.1) is 0 Å². The average Bonchev–Trinajstić information content (AvgIpc) is 2.57. The number of unbranched alkanes of at least 4 members (excludes halogenated alkanes) is 10. The third kappa shape index (κ3) is 19.1. The molecular formula is C20H38O5. The summed E-state index contributed by atoms with van der Waals surface area (Å²) in [6.07, 6.45) is 15.5. The fourth-order valence-electron chi connectivity index (χ4n) is 3.16. The normalized spacial score (nSPS) is 11.1. The smallest absolute Gasteiger partial charge is 0.303 e. The lowest BCUT2D eigenvalue weighted by atomic mass is 9.95. The molecule has 0 rings (SSSR count). The molecule has 25 heavy (non-hydrogen) atoms. The third-order valence-electron chi connectivity index (χ3n) is 4.76. The molecule has 0 aliphatic rings. The summed E-state index contributed by atoms with van der Waals surface area (Å²) in [6.45, 7) is 0.275. The van der Waals surface area contributed by atoms with Crippen LogP contribution in [0.2, 0.25) is 0 Å². The number of aliphatic hydroxyl groups is 1. The van der Waals surface area contributed by atoms with Crippen LogP contribution in [-0.4, -0.2) is 33.9 Å². The minimum atomic E-state index is -0.703. The highest BCUT2D eigenvalue weighted by atomic mass is 16.4. The second kappa shape index (κ2) is 17.7. The van der Waals surface area contributed by atoms with E-state index >= 15 is 0 Å². The van der Waals surface area contributed by atoms with E-state index in [0.29, 0.717) is 5.92 Å². The number of carboxylic acid groups (broad SMARTS) is 2. The van der Waals surface area contributed by atoms with E-state index in [9.17, 15) is 14.7 Å². The van der Waals surface area contributed by atoms with Gasteiger partial charge in [0.1, 0.15) is 0 Å². The molecule has 0 aromatic heterocycles. The number of hydrogen-bond acceptors (Lipinski definition) is 3. The highest BCUT2D eigenvalue weighted by Gasteiger charge is 2.07. The summed E-state index contributed by atoms with van der Waals surface area (Å²) in [4.78, 5) is 20.8. The van der Waals surface area contributed by atoms with Crippen LogP contribution < -0.4 is 0 Å². The predicted molar refractivity (Wildman–Crippen MR) is 99.7 cm³/mol. The standard InChI is InChI=1S/C20H38O5/c21-17-18(13-9-5-1-3-7-11-15-19(22)23)14-10-6-2-4-8-12-16-20(24)25/h18,21H,1-17H2,(H,22,23)(H,24,25). The van der Waals surface area contributed by atoms with Crippen molar-refractivity contribution >= 4 is 11.9 Å². The van der Waals surface area contributed by atoms with Crippen LogP contribution in [0.4, 0.5) is 0 Å². The highest BCUT2D eigenvalue weighted by Crippen LogP contribution is 2.19. The molecule has 0 radical (unpaired) electrons. The highest BCUT2D eigenvalue weighted by molar-refractivity contribution is 5.66. The van der Waals surface area contributed by atoms with Crippen molar-refractivity contribution in [3.63, 3.8) is 0 Å². The van der Waals surface area contributed by atoms with Crippen molar-refractivity contribution in [1.82, 2.24) is 0 Å². The van der Waals surface area contributed by atoms with E-state index in [0.717, 1.165) is 77.0 Å². The lowest BCUT2D eigenvalue weighted by Crippen LogP contribution is -2.06. The molecule has 0 saturated heterocycles. The Hall–Kier alpha value is -1.10. The Kier molecular flexibility index (Phi) is 16.9. The average molecular weight is 359 g/mol. The maximum absolute atomic E-state index is 10.4. The maximum atomic E-state index is 10.4. The molecule has 5 nitrogen and oxygen atoms in total. The van der Waals surface area contributed by atoms with E-state index < -0.39 is 11.9 Å². The topological polar surface area (TPSA) is 94.8 Å².